The van der Waals surface area contributed by atoms with E-state index >= 15 is 0 Å². The van der Waals surface area contributed by atoms with Crippen LogP contribution < -0.4 is 9.64 Å². The first-order valence-electron chi connectivity index (χ1n) is 11.9. The summed E-state index contributed by atoms with van der Waals surface area (Å²) in [4.78, 5) is 17.4. The van der Waals surface area contributed by atoms with Gasteiger partial charge in [0.2, 0.25) is 5.91 Å². The van der Waals surface area contributed by atoms with Gasteiger partial charge >= 0.3 is 0 Å². The van der Waals surface area contributed by atoms with E-state index < -0.39 is 10.2 Å². The zero-order chi connectivity index (χ0) is 22.6. The summed E-state index contributed by atoms with van der Waals surface area (Å²) in [5, 5.41) is 0. The summed E-state index contributed by atoms with van der Waals surface area (Å²) in [6.07, 6.45) is 5.55. The lowest BCUT2D eigenvalue weighted by Crippen LogP contribution is -2.54. The molecule has 0 saturated carbocycles. The van der Waals surface area contributed by atoms with E-state index in [1.54, 1.807) is 15.7 Å². The highest BCUT2D eigenvalue weighted by Crippen LogP contribution is 2.26. The summed E-state index contributed by atoms with van der Waals surface area (Å²) < 4.78 is 34.8. The van der Waals surface area contributed by atoms with Gasteiger partial charge in [0.1, 0.15) is 5.75 Å². The summed E-state index contributed by atoms with van der Waals surface area (Å²) in [5.41, 5.74) is 1.13. The van der Waals surface area contributed by atoms with Crippen LogP contribution in [-0.4, -0.2) is 87.3 Å². The van der Waals surface area contributed by atoms with Crippen molar-refractivity contribution in [3.63, 3.8) is 0 Å². The number of rotatable bonds is 5. The number of hydrogen-bond acceptors (Lipinski definition) is 5. The highest BCUT2D eigenvalue weighted by atomic mass is 32.2. The lowest BCUT2D eigenvalue weighted by atomic mass is 9.97. The van der Waals surface area contributed by atoms with Crippen LogP contribution in [0.5, 0.6) is 5.75 Å². The van der Waals surface area contributed by atoms with E-state index in [4.69, 9.17) is 4.74 Å². The molecular weight excluding hydrogens is 428 g/mol. The molecule has 32 heavy (non-hydrogen) atoms. The minimum atomic E-state index is -3.48. The van der Waals surface area contributed by atoms with Crippen molar-refractivity contribution in [1.29, 1.82) is 0 Å². The fourth-order valence-electron chi connectivity index (χ4n) is 5.03. The Hall–Kier alpha value is -1.84. The first-order valence-corrected chi connectivity index (χ1v) is 13.3. The number of piperazine rings is 1. The SMILES string of the molecule is COc1ccc(N2CCN(C(=O)[C@@H]3CCCN(S(=O)(=O)N4CCCCCC4)C3)CC2)cc1. The van der Waals surface area contributed by atoms with Crippen molar-refractivity contribution in [2.45, 2.75) is 38.5 Å². The summed E-state index contributed by atoms with van der Waals surface area (Å²) in [6.45, 7) is 4.93. The zero-order valence-corrected chi connectivity index (χ0v) is 19.9. The van der Waals surface area contributed by atoms with Crippen LogP contribution in [0.4, 0.5) is 5.69 Å². The first-order chi connectivity index (χ1) is 15.5. The van der Waals surface area contributed by atoms with Crippen LogP contribution in [0.1, 0.15) is 38.5 Å². The van der Waals surface area contributed by atoms with Gasteiger partial charge in [0.05, 0.1) is 13.0 Å². The molecule has 0 aromatic heterocycles. The van der Waals surface area contributed by atoms with Gasteiger partial charge in [-0.1, -0.05) is 12.8 Å². The van der Waals surface area contributed by atoms with E-state index in [1.165, 1.54) is 0 Å². The smallest absolute Gasteiger partial charge is 0.281 e. The van der Waals surface area contributed by atoms with Gasteiger partial charge in [0.15, 0.2) is 0 Å². The average Bonchev–Trinajstić information content (AvgIpc) is 3.14. The Morgan fingerprint density at radius 2 is 1.47 bits per heavy atom. The maximum Gasteiger partial charge on any atom is 0.281 e. The predicted molar refractivity (Wildman–Crippen MR) is 125 cm³/mol. The summed E-state index contributed by atoms with van der Waals surface area (Å²) in [6, 6.07) is 7.99. The van der Waals surface area contributed by atoms with Gasteiger partial charge in [-0.05, 0) is 49.9 Å². The molecular formula is C23H36N4O4S. The standard InChI is InChI=1S/C23H36N4O4S/c1-31-22-10-8-21(9-11-22)24-15-17-25(18-16-24)23(28)20-7-6-14-27(19-20)32(29,30)26-12-4-2-3-5-13-26/h8-11,20H,2-7,12-19H2,1H3/t20-/m1/s1. The number of benzene rings is 1. The molecule has 0 aliphatic carbocycles. The van der Waals surface area contributed by atoms with Gasteiger partial charge in [0.25, 0.3) is 10.2 Å². The number of carbonyl (C=O) groups is 1. The minimum absolute atomic E-state index is 0.107. The molecule has 1 amide bonds. The molecule has 0 N–H and O–H groups in total. The van der Waals surface area contributed by atoms with Gasteiger partial charge in [0, 0.05) is 58.0 Å². The molecule has 0 unspecified atom stereocenters. The number of carbonyl (C=O) groups excluding carboxylic acids is 1. The molecule has 3 fully saturated rings. The molecule has 0 radical (unpaired) electrons. The second-order valence-electron chi connectivity index (χ2n) is 9.03. The van der Waals surface area contributed by atoms with Crippen LogP contribution in [-0.2, 0) is 15.0 Å². The first kappa shape index (κ1) is 23.3. The maximum absolute atomic E-state index is 13.2. The third-order valence-corrected chi connectivity index (χ3v) is 8.98. The fraction of sp³-hybridized carbons (Fsp3) is 0.696. The Bertz CT molecular complexity index is 860. The molecule has 1 aromatic rings. The molecule has 3 saturated heterocycles. The molecule has 0 spiro atoms. The van der Waals surface area contributed by atoms with Crippen molar-refractivity contribution in [2.75, 3.05) is 64.4 Å². The number of amides is 1. The third kappa shape index (κ3) is 5.21. The highest BCUT2D eigenvalue weighted by Gasteiger charge is 2.37. The van der Waals surface area contributed by atoms with E-state index in [9.17, 15) is 13.2 Å². The monoisotopic (exact) mass is 464 g/mol. The number of nitrogens with zero attached hydrogens (tertiary/aromatic N) is 4. The molecule has 178 valence electrons. The molecule has 3 heterocycles. The topological polar surface area (TPSA) is 73.4 Å². The Morgan fingerprint density at radius 3 is 2.09 bits per heavy atom. The Labute approximate surface area is 192 Å². The second-order valence-corrected chi connectivity index (χ2v) is 11.0. The molecule has 1 atom stereocenters. The molecule has 4 rings (SSSR count). The van der Waals surface area contributed by atoms with Crippen LogP contribution in [0, 0.1) is 5.92 Å². The van der Waals surface area contributed by atoms with Gasteiger partial charge < -0.3 is 14.5 Å². The third-order valence-electron chi connectivity index (χ3n) is 6.98. The van der Waals surface area contributed by atoms with Crippen molar-refractivity contribution in [3.05, 3.63) is 24.3 Å². The summed E-state index contributed by atoms with van der Waals surface area (Å²) in [7, 11) is -1.82. The lowest BCUT2D eigenvalue weighted by Gasteiger charge is -2.40. The van der Waals surface area contributed by atoms with Gasteiger partial charge in [-0.2, -0.15) is 17.0 Å². The predicted octanol–water partition coefficient (Wildman–Crippen LogP) is 2.18. The fourth-order valence-corrected chi connectivity index (χ4v) is 6.80. The quantitative estimate of drug-likeness (QED) is 0.668. The number of ether oxygens (including phenoxy) is 1. The van der Waals surface area contributed by atoms with Crippen LogP contribution >= 0.6 is 0 Å². The number of hydrogen-bond donors (Lipinski definition) is 0. The van der Waals surface area contributed by atoms with Gasteiger partial charge in [-0.15, -0.1) is 0 Å². The Balaban J connectivity index is 1.33. The van der Waals surface area contributed by atoms with Crippen LogP contribution in [0.2, 0.25) is 0 Å². The van der Waals surface area contributed by atoms with Gasteiger partial charge in [-0.25, -0.2) is 0 Å². The van der Waals surface area contributed by atoms with E-state index in [0.717, 1.165) is 63.1 Å². The Kier molecular flexibility index (Phi) is 7.58. The molecule has 3 aliphatic rings. The highest BCUT2D eigenvalue weighted by molar-refractivity contribution is 7.86. The van der Waals surface area contributed by atoms with Crippen molar-refractivity contribution in [2.24, 2.45) is 5.92 Å². The summed E-state index contributed by atoms with van der Waals surface area (Å²) in [5.74, 6) is 0.702. The van der Waals surface area contributed by atoms with Crippen molar-refractivity contribution in [3.8, 4) is 5.75 Å². The maximum atomic E-state index is 13.2. The largest absolute Gasteiger partial charge is 0.497 e. The van der Waals surface area contributed by atoms with Crippen LogP contribution in [0.15, 0.2) is 24.3 Å². The van der Waals surface area contributed by atoms with E-state index in [2.05, 4.69) is 4.90 Å². The van der Waals surface area contributed by atoms with Crippen molar-refractivity contribution >= 4 is 21.8 Å². The number of anilines is 1. The molecule has 8 nitrogen and oxygen atoms in total. The van der Waals surface area contributed by atoms with Crippen LogP contribution in [0.25, 0.3) is 0 Å². The summed E-state index contributed by atoms with van der Waals surface area (Å²) >= 11 is 0. The van der Waals surface area contributed by atoms with E-state index in [0.29, 0.717) is 39.3 Å². The molecule has 0 bridgehead atoms. The number of piperidine rings is 1. The Morgan fingerprint density at radius 1 is 0.844 bits per heavy atom. The van der Waals surface area contributed by atoms with Gasteiger partial charge in [-0.3, -0.25) is 4.79 Å². The van der Waals surface area contributed by atoms with E-state index in [-0.39, 0.29) is 11.8 Å². The molecule has 1 aromatic carbocycles. The number of methoxy groups -OCH3 is 1. The normalized spacial score (nSPS) is 24.2. The van der Waals surface area contributed by atoms with E-state index in [1.807, 2.05) is 29.2 Å². The minimum Gasteiger partial charge on any atom is -0.497 e. The lowest BCUT2D eigenvalue weighted by molar-refractivity contribution is -0.137. The van der Waals surface area contributed by atoms with Crippen LogP contribution in [0.3, 0.4) is 0 Å². The molecule has 9 heteroatoms. The zero-order valence-electron chi connectivity index (χ0n) is 19.1. The molecule has 3 aliphatic heterocycles. The van der Waals surface area contributed by atoms with Crippen molar-refractivity contribution < 1.29 is 17.9 Å². The van der Waals surface area contributed by atoms with Crippen molar-refractivity contribution in [1.82, 2.24) is 13.5 Å². The average molecular weight is 465 g/mol. The second kappa shape index (κ2) is 10.4.